The summed E-state index contributed by atoms with van der Waals surface area (Å²) < 4.78 is 15.9. The minimum atomic E-state index is -1.54. The standard InChI is InChI=1S/C26H34N2O7/c1-6-33-22(30)20-19-17(13-18(29)27-15-16-11-9-8-10-12-16)14-26(21(19)20,23(31)34-7-2)28-24(32)35-25(3,4)5/h8-13,19-21H,6-7,14-15H2,1-5H3,(H,27,29)(H,28,32). The lowest BCUT2D eigenvalue weighted by molar-refractivity contribution is -0.153. The molecule has 0 heterocycles. The molecular weight excluding hydrogens is 452 g/mol. The van der Waals surface area contributed by atoms with Crippen molar-refractivity contribution in [2.75, 3.05) is 13.2 Å². The first-order chi connectivity index (χ1) is 16.5. The Labute approximate surface area is 205 Å². The van der Waals surface area contributed by atoms with E-state index >= 15 is 0 Å². The van der Waals surface area contributed by atoms with Crippen molar-refractivity contribution in [1.82, 2.24) is 10.6 Å². The molecule has 0 bridgehead atoms. The molecule has 0 spiro atoms. The van der Waals surface area contributed by atoms with Crippen molar-refractivity contribution >= 4 is 23.9 Å². The van der Waals surface area contributed by atoms with Crippen LogP contribution in [0.3, 0.4) is 0 Å². The Balaban J connectivity index is 1.89. The number of ether oxygens (including phenoxy) is 3. The predicted molar refractivity (Wildman–Crippen MR) is 127 cm³/mol. The molecule has 4 atom stereocenters. The molecule has 4 unspecified atom stereocenters. The van der Waals surface area contributed by atoms with Crippen LogP contribution in [0.15, 0.2) is 42.0 Å². The molecule has 2 aliphatic rings. The van der Waals surface area contributed by atoms with E-state index in [4.69, 9.17) is 14.2 Å². The molecule has 0 aromatic heterocycles. The molecule has 190 valence electrons. The van der Waals surface area contributed by atoms with Gasteiger partial charge in [0.2, 0.25) is 5.91 Å². The SMILES string of the molecule is CCOC(=O)C1C2C(=CC(=O)NCc3ccccc3)CC(NC(=O)OC(C)(C)C)(C(=O)OCC)C12. The summed E-state index contributed by atoms with van der Waals surface area (Å²) in [5.74, 6) is -3.18. The van der Waals surface area contributed by atoms with Gasteiger partial charge in [-0.3, -0.25) is 9.59 Å². The molecule has 9 nitrogen and oxygen atoms in total. The number of fused-ring (bicyclic) bond motifs is 1. The minimum Gasteiger partial charge on any atom is -0.466 e. The van der Waals surface area contributed by atoms with Gasteiger partial charge in [-0.15, -0.1) is 0 Å². The number of alkyl carbamates (subject to hydrolysis) is 1. The van der Waals surface area contributed by atoms with Gasteiger partial charge in [0.1, 0.15) is 11.1 Å². The second-order valence-electron chi connectivity index (χ2n) is 9.75. The molecule has 9 heteroatoms. The van der Waals surface area contributed by atoms with Crippen LogP contribution in [0.5, 0.6) is 0 Å². The Morgan fingerprint density at radius 1 is 1.06 bits per heavy atom. The Hall–Kier alpha value is -3.36. The van der Waals surface area contributed by atoms with Gasteiger partial charge in [-0.25, -0.2) is 9.59 Å². The van der Waals surface area contributed by atoms with Crippen LogP contribution >= 0.6 is 0 Å². The maximum Gasteiger partial charge on any atom is 0.408 e. The zero-order chi connectivity index (χ0) is 25.8. The third-order valence-corrected chi connectivity index (χ3v) is 6.05. The average Bonchev–Trinajstić information content (AvgIpc) is 3.45. The lowest BCUT2D eigenvalue weighted by Gasteiger charge is -2.32. The summed E-state index contributed by atoms with van der Waals surface area (Å²) in [6.45, 7) is 9.09. The molecule has 0 saturated heterocycles. The lowest BCUT2D eigenvalue weighted by Crippen LogP contribution is -2.57. The third kappa shape index (κ3) is 6.01. The predicted octanol–water partition coefficient (Wildman–Crippen LogP) is 2.88. The molecule has 0 aliphatic heterocycles. The Bertz CT molecular complexity index is 999. The van der Waals surface area contributed by atoms with Gasteiger partial charge in [0.15, 0.2) is 0 Å². The van der Waals surface area contributed by atoms with Crippen LogP contribution < -0.4 is 10.6 Å². The van der Waals surface area contributed by atoms with Crippen molar-refractivity contribution < 1.29 is 33.4 Å². The number of benzene rings is 1. The summed E-state index contributed by atoms with van der Waals surface area (Å²) >= 11 is 0. The van der Waals surface area contributed by atoms with Crippen molar-refractivity contribution in [2.24, 2.45) is 17.8 Å². The summed E-state index contributed by atoms with van der Waals surface area (Å²) in [6, 6.07) is 9.44. The zero-order valence-corrected chi connectivity index (χ0v) is 20.9. The maximum absolute atomic E-state index is 13.2. The molecular formula is C26H34N2O7. The fourth-order valence-electron chi connectivity index (χ4n) is 4.76. The third-order valence-electron chi connectivity index (χ3n) is 6.05. The van der Waals surface area contributed by atoms with Gasteiger partial charge >= 0.3 is 18.0 Å². The van der Waals surface area contributed by atoms with E-state index in [1.54, 1.807) is 34.6 Å². The Kier molecular flexibility index (Phi) is 7.87. The van der Waals surface area contributed by atoms with Crippen LogP contribution in [-0.2, 0) is 35.1 Å². The molecule has 2 amide bonds. The number of hydrogen-bond acceptors (Lipinski definition) is 7. The lowest BCUT2D eigenvalue weighted by atomic mass is 9.88. The number of amides is 2. The highest BCUT2D eigenvalue weighted by Gasteiger charge is 2.74. The van der Waals surface area contributed by atoms with Gasteiger partial charge in [0, 0.05) is 30.9 Å². The van der Waals surface area contributed by atoms with E-state index in [0.717, 1.165) is 5.56 Å². The Morgan fingerprint density at radius 2 is 1.71 bits per heavy atom. The van der Waals surface area contributed by atoms with Crippen LogP contribution in [-0.4, -0.2) is 48.3 Å². The van der Waals surface area contributed by atoms with E-state index in [9.17, 15) is 19.2 Å². The van der Waals surface area contributed by atoms with E-state index < -0.39 is 46.9 Å². The fraction of sp³-hybridized carbons (Fsp3) is 0.538. The molecule has 2 N–H and O–H groups in total. The first kappa shape index (κ1) is 26.2. The van der Waals surface area contributed by atoms with Crippen LogP contribution in [0.2, 0.25) is 0 Å². The number of esters is 2. The monoisotopic (exact) mass is 486 g/mol. The van der Waals surface area contributed by atoms with E-state index in [0.29, 0.717) is 12.1 Å². The highest BCUT2D eigenvalue weighted by molar-refractivity contribution is 5.94. The smallest absolute Gasteiger partial charge is 0.408 e. The normalized spacial score (nSPS) is 25.9. The summed E-state index contributed by atoms with van der Waals surface area (Å²) in [6.07, 6.45) is 0.653. The largest absolute Gasteiger partial charge is 0.466 e. The fourth-order valence-corrected chi connectivity index (χ4v) is 4.76. The average molecular weight is 487 g/mol. The molecule has 2 saturated carbocycles. The van der Waals surface area contributed by atoms with Gasteiger partial charge in [0.05, 0.1) is 19.1 Å². The van der Waals surface area contributed by atoms with Crippen LogP contribution in [0.4, 0.5) is 4.79 Å². The molecule has 0 radical (unpaired) electrons. The van der Waals surface area contributed by atoms with Crippen LogP contribution in [0, 0.1) is 17.8 Å². The topological polar surface area (TPSA) is 120 Å². The first-order valence-electron chi connectivity index (χ1n) is 11.9. The highest BCUT2D eigenvalue weighted by Crippen LogP contribution is 2.65. The van der Waals surface area contributed by atoms with Gasteiger partial charge in [-0.1, -0.05) is 35.9 Å². The van der Waals surface area contributed by atoms with E-state index in [2.05, 4.69) is 10.6 Å². The number of carbonyl (C=O) groups is 4. The number of nitrogens with one attached hydrogen (secondary N) is 2. The van der Waals surface area contributed by atoms with Crippen LogP contribution in [0.1, 0.15) is 46.6 Å². The number of rotatable bonds is 8. The van der Waals surface area contributed by atoms with Gasteiger partial charge in [0.25, 0.3) is 0 Å². The summed E-state index contributed by atoms with van der Waals surface area (Å²) in [4.78, 5) is 51.3. The summed E-state index contributed by atoms with van der Waals surface area (Å²) in [5.41, 5.74) is -0.807. The van der Waals surface area contributed by atoms with Crippen molar-refractivity contribution in [3.63, 3.8) is 0 Å². The number of hydrogen-bond donors (Lipinski definition) is 2. The minimum absolute atomic E-state index is 0.0368. The highest BCUT2D eigenvalue weighted by atomic mass is 16.6. The summed E-state index contributed by atoms with van der Waals surface area (Å²) in [7, 11) is 0. The zero-order valence-electron chi connectivity index (χ0n) is 20.9. The Morgan fingerprint density at radius 3 is 2.31 bits per heavy atom. The second-order valence-corrected chi connectivity index (χ2v) is 9.75. The molecule has 1 aromatic carbocycles. The van der Waals surface area contributed by atoms with Crippen molar-refractivity contribution in [2.45, 2.75) is 58.7 Å². The number of carbonyl (C=O) groups excluding carboxylic acids is 4. The van der Waals surface area contributed by atoms with Gasteiger partial charge in [-0.05, 0) is 40.2 Å². The van der Waals surface area contributed by atoms with Crippen molar-refractivity contribution in [1.29, 1.82) is 0 Å². The van der Waals surface area contributed by atoms with E-state index in [1.807, 2.05) is 30.3 Å². The second kappa shape index (κ2) is 10.5. The molecule has 1 aromatic rings. The van der Waals surface area contributed by atoms with Crippen LogP contribution in [0.25, 0.3) is 0 Å². The quantitative estimate of drug-likeness (QED) is 0.329. The van der Waals surface area contributed by atoms with Gasteiger partial charge < -0.3 is 24.8 Å². The van der Waals surface area contributed by atoms with Gasteiger partial charge in [-0.2, -0.15) is 0 Å². The molecule has 3 rings (SSSR count). The summed E-state index contributed by atoms with van der Waals surface area (Å²) in [5, 5.41) is 5.52. The molecule has 2 fully saturated rings. The van der Waals surface area contributed by atoms with Crippen molar-refractivity contribution in [3.8, 4) is 0 Å². The first-order valence-corrected chi connectivity index (χ1v) is 11.9. The van der Waals surface area contributed by atoms with E-state index in [-0.39, 0.29) is 25.5 Å². The maximum atomic E-state index is 13.2. The van der Waals surface area contributed by atoms with Crippen molar-refractivity contribution in [3.05, 3.63) is 47.5 Å². The van der Waals surface area contributed by atoms with E-state index in [1.165, 1.54) is 6.08 Å². The molecule has 35 heavy (non-hydrogen) atoms. The molecule has 2 aliphatic carbocycles.